The monoisotopic (exact) mass is 376 g/mol. The van der Waals surface area contributed by atoms with Crippen LogP contribution in [0, 0.1) is 6.92 Å². The molecule has 0 spiro atoms. The third-order valence-electron chi connectivity index (χ3n) is 4.59. The average Bonchev–Trinajstić information content (AvgIpc) is 3.30. The van der Waals surface area contributed by atoms with Gasteiger partial charge in [-0.2, -0.15) is 4.31 Å². The number of rotatable bonds is 7. The van der Waals surface area contributed by atoms with Gasteiger partial charge in [0.15, 0.2) is 0 Å². The molecule has 0 unspecified atom stereocenters. The molecule has 3 rings (SSSR count). The predicted octanol–water partition coefficient (Wildman–Crippen LogP) is 1.55. The maximum Gasteiger partial charge on any atom is 0.243 e. The van der Waals surface area contributed by atoms with Crippen molar-refractivity contribution in [2.24, 2.45) is 0 Å². The largest absolute Gasteiger partial charge is 0.355 e. The van der Waals surface area contributed by atoms with E-state index in [4.69, 9.17) is 0 Å². The fourth-order valence-electron chi connectivity index (χ4n) is 3.15. The van der Waals surface area contributed by atoms with Crippen molar-refractivity contribution in [3.8, 4) is 0 Å². The Bertz CT molecular complexity index is 832. The van der Waals surface area contributed by atoms with Crippen molar-refractivity contribution in [3.05, 3.63) is 48.5 Å². The Morgan fingerprint density at radius 3 is 2.77 bits per heavy atom. The lowest BCUT2D eigenvalue weighted by molar-refractivity contribution is -0.124. The molecule has 1 aromatic heterocycles. The summed E-state index contributed by atoms with van der Waals surface area (Å²) >= 11 is 0. The highest BCUT2D eigenvalue weighted by Gasteiger charge is 2.39. The van der Waals surface area contributed by atoms with E-state index in [1.54, 1.807) is 36.8 Å². The number of benzene rings is 1. The maximum absolute atomic E-state index is 12.9. The lowest BCUT2D eigenvalue weighted by Gasteiger charge is -2.23. The molecule has 1 atom stereocenters. The first kappa shape index (κ1) is 18.6. The Labute approximate surface area is 154 Å². The molecule has 1 aliphatic heterocycles. The van der Waals surface area contributed by atoms with Crippen molar-refractivity contribution in [3.63, 3.8) is 0 Å². The molecule has 8 heteroatoms. The summed E-state index contributed by atoms with van der Waals surface area (Å²) in [5.74, 6) is -0.219. The van der Waals surface area contributed by atoms with Crippen LogP contribution < -0.4 is 5.32 Å². The number of aryl methyl sites for hydroxylation is 2. The summed E-state index contributed by atoms with van der Waals surface area (Å²) in [6.07, 6.45) is 7.32. The molecule has 0 radical (unpaired) electrons. The van der Waals surface area contributed by atoms with Gasteiger partial charge in [0, 0.05) is 32.0 Å². The smallest absolute Gasteiger partial charge is 0.243 e. The van der Waals surface area contributed by atoms with Gasteiger partial charge in [-0.05, 0) is 38.3 Å². The van der Waals surface area contributed by atoms with Crippen LogP contribution in [0.15, 0.2) is 47.9 Å². The number of aromatic nitrogens is 2. The molecule has 2 aromatic rings. The Hall–Kier alpha value is -2.19. The second kappa shape index (κ2) is 8.01. The predicted molar refractivity (Wildman–Crippen MR) is 97.9 cm³/mol. The minimum atomic E-state index is -3.66. The summed E-state index contributed by atoms with van der Waals surface area (Å²) in [5, 5.41) is 2.87. The summed E-state index contributed by atoms with van der Waals surface area (Å²) in [6.45, 7) is 3.55. The highest BCUT2D eigenvalue weighted by Crippen LogP contribution is 2.26. The fourth-order valence-corrected chi connectivity index (χ4v) is 4.80. The Morgan fingerprint density at radius 2 is 2.08 bits per heavy atom. The molecule has 1 aromatic carbocycles. The molecule has 1 amide bonds. The van der Waals surface area contributed by atoms with Crippen LogP contribution in [0.5, 0.6) is 0 Å². The van der Waals surface area contributed by atoms with Gasteiger partial charge in [0.2, 0.25) is 15.9 Å². The van der Waals surface area contributed by atoms with E-state index in [0.717, 1.165) is 18.5 Å². The molecule has 0 saturated carbocycles. The highest BCUT2D eigenvalue weighted by atomic mass is 32.2. The van der Waals surface area contributed by atoms with Crippen LogP contribution in [0.1, 0.15) is 24.8 Å². The lowest BCUT2D eigenvalue weighted by atomic mass is 10.2. The summed E-state index contributed by atoms with van der Waals surface area (Å²) in [7, 11) is -3.66. The molecule has 0 bridgehead atoms. The number of carbonyl (C=O) groups is 1. The summed E-state index contributed by atoms with van der Waals surface area (Å²) in [5.41, 5.74) is 0.998. The van der Waals surface area contributed by atoms with E-state index in [1.807, 2.05) is 17.7 Å². The molecule has 26 heavy (non-hydrogen) atoms. The number of hydrogen-bond donors (Lipinski definition) is 1. The van der Waals surface area contributed by atoms with Gasteiger partial charge in [-0.1, -0.05) is 17.7 Å². The van der Waals surface area contributed by atoms with Crippen molar-refractivity contribution < 1.29 is 13.2 Å². The van der Waals surface area contributed by atoms with Crippen molar-refractivity contribution >= 4 is 15.9 Å². The first-order valence-electron chi connectivity index (χ1n) is 8.80. The first-order valence-corrected chi connectivity index (χ1v) is 10.2. The molecule has 0 aliphatic carbocycles. The van der Waals surface area contributed by atoms with Crippen LogP contribution in [0.2, 0.25) is 0 Å². The first-order chi connectivity index (χ1) is 12.5. The quantitative estimate of drug-likeness (QED) is 0.743. The molecule has 1 aliphatic rings. The van der Waals surface area contributed by atoms with Crippen LogP contribution in [-0.4, -0.2) is 47.3 Å². The summed E-state index contributed by atoms with van der Waals surface area (Å²) in [6, 6.07) is 6.11. The van der Waals surface area contributed by atoms with E-state index in [1.165, 1.54) is 4.31 Å². The standard InChI is InChI=1S/C18H24N4O3S/c1-15-5-7-16(8-6-15)26(24,25)22-12-2-4-17(22)18(23)20-9-3-11-21-13-10-19-14-21/h5-8,10,13-14,17H,2-4,9,11-12H2,1H3,(H,20,23)/t17-/m1/s1. The van der Waals surface area contributed by atoms with Gasteiger partial charge in [-0.3, -0.25) is 4.79 Å². The second-order valence-corrected chi connectivity index (χ2v) is 8.42. The van der Waals surface area contributed by atoms with Gasteiger partial charge in [0.25, 0.3) is 0 Å². The zero-order valence-electron chi connectivity index (χ0n) is 14.8. The van der Waals surface area contributed by atoms with E-state index in [2.05, 4.69) is 10.3 Å². The molecule has 2 heterocycles. The van der Waals surface area contributed by atoms with E-state index in [9.17, 15) is 13.2 Å². The molecule has 1 saturated heterocycles. The van der Waals surface area contributed by atoms with E-state index < -0.39 is 16.1 Å². The molecule has 140 valence electrons. The summed E-state index contributed by atoms with van der Waals surface area (Å²) in [4.78, 5) is 16.7. The van der Waals surface area contributed by atoms with Crippen LogP contribution in [0.4, 0.5) is 0 Å². The third-order valence-corrected chi connectivity index (χ3v) is 6.51. The lowest BCUT2D eigenvalue weighted by Crippen LogP contribution is -2.46. The number of nitrogens with one attached hydrogen (secondary N) is 1. The fraction of sp³-hybridized carbons (Fsp3) is 0.444. The number of hydrogen-bond acceptors (Lipinski definition) is 4. The Balaban J connectivity index is 1.59. The van der Waals surface area contributed by atoms with E-state index >= 15 is 0 Å². The molecule has 1 N–H and O–H groups in total. The maximum atomic E-state index is 12.9. The summed E-state index contributed by atoms with van der Waals surface area (Å²) < 4.78 is 29.0. The van der Waals surface area contributed by atoms with E-state index in [-0.39, 0.29) is 10.8 Å². The van der Waals surface area contributed by atoms with Gasteiger partial charge in [0.1, 0.15) is 6.04 Å². The average molecular weight is 376 g/mol. The molecular weight excluding hydrogens is 352 g/mol. The molecule has 7 nitrogen and oxygen atoms in total. The minimum Gasteiger partial charge on any atom is -0.355 e. The second-order valence-electron chi connectivity index (χ2n) is 6.53. The van der Waals surface area contributed by atoms with Gasteiger partial charge in [-0.25, -0.2) is 13.4 Å². The number of imidazole rings is 1. The molecular formula is C18H24N4O3S. The van der Waals surface area contributed by atoms with Gasteiger partial charge in [0.05, 0.1) is 11.2 Å². The van der Waals surface area contributed by atoms with Crippen LogP contribution in [0.25, 0.3) is 0 Å². The van der Waals surface area contributed by atoms with Crippen molar-refractivity contribution in [1.29, 1.82) is 0 Å². The highest BCUT2D eigenvalue weighted by molar-refractivity contribution is 7.89. The SMILES string of the molecule is Cc1ccc(S(=O)(=O)N2CCC[C@@H]2C(=O)NCCCn2ccnc2)cc1. The van der Waals surface area contributed by atoms with Crippen molar-refractivity contribution in [2.75, 3.05) is 13.1 Å². The van der Waals surface area contributed by atoms with Crippen LogP contribution in [0.3, 0.4) is 0 Å². The zero-order valence-corrected chi connectivity index (χ0v) is 15.7. The normalized spacial score (nSPS) is 18.1. The van der Waals surface area contributed by atoms with Crippen LogP contribution >= 0.6 is 0 Å². The van der Waals surface area contributed by atoms with E-state index in [0.29, 0.717) is 25.9 Å². The number of amides is 1. The third kappa shape index (κ3) is 4.13. The Kier molecular flexibility index (Phi) is 5.73. The zero-order chi connectivity index (χ0) is 18.6. The topological polar surface area (TPSA) is 84.3 Å². The van der Waals surface area contributed by atoms with Crippen molar-refractivity contribution in [2.45, 2.75) is 43.7 Å². The number of nitrogens with zero attached hydrogens (tertiary/aromatic N) is 3. The van der Waals surface area contributed by atoms with Gasteiger partial charge >= 0.3 is 0 Å². The van der Waals surface area contributed by atoms with Gasteiger partial charge < -0.3 is 9.88 Å². The minimum absolute atomic E-state index is 0.219. The Morgan fingerprint density at radius 1 is 1.31 bits per heavy atom. The number of sulfonamides is 1. The molecule has 1 fully saturated rings. The van der Waals surface area contributed by atoms with Gasteiger partial charge in [-0.15, -0.1) is 0 Å². The number of carbonyl (C=O) groups excluding carboxylic acids is 1. The van der Waals surface area contributed by atoms with Crippen molar-refractivity contribution in [1.82, 2.24) is 19.2 Å². The van der Waals surface area contributed by atoms with Crippen LogP contribution in [-0.2, 0) is 21.4 Å².